The number of nitrogens with one attached hydrogen (secondary N) is 1. The molecule has 2 heterocycles. The summed E-state index contributed by atoms with van der Waals surface area (Å²) in [5.74, 6) is 0.922. The van der Waals surface area contributed by atoms with E-state index in [0.717, 1.165) is 28.6 Å². The molecule has 28 heavy (non-hydrogen) atoms. The van der Waals surface area contributed by atoms with Crippen molar-refractivity contribution in [2.24, 2.45) is 0 Å². The maximum absolute atomic E-state index is 12.2. The SMILES string of the molecule is CCc1ccc2oc(-c3ccc(C)c(NC(=O)/C=C/c4ccco4)c3)nc2c1. The number of amides is 1. The highest BCUT2D eigenvalue weighted by Crippen LogP contribution is 2.28. The monoisotopic (exact) mass is 372 g/mol. The predicted octanol–water partition coefficient (Wildman–Crippen LogP) is 5.61. The molecule has 5 nitrogen and oxygen atoms in total. The van der Waals surface area contributed by atoms with Gasteiger partial charge >= 0.3 is 0 Å². The van der Waals surface area contributed by atoms with Crippen LogP contribution in [0.25, 0.3) is 28.6 Å². The van der Waals surface area contributed by atoms with Gasteiger partial charge in [0.2, 0.25) is 11.8 Å². The lowest BCUT2D eigenvalue weighted by atomic mass is 10.1. The van der Waals surface area contributed by atoms with Crippen molar-refractivity contribution in [3.63, 3.8) is 0 Å². The minimum absolute atomic E-state index is 0.234. The first-order valence-electron chi connectivity index (χ1n) is 9.15. The molecule has 0 aliphatic carbocycles. The van der Waals surface area contributed by atoms with E-state index in [1.54, 1.807) is 24.5 Å². The summed E-state index contributed by atoms with van der Waals surface area (Å²) in [6.07, 6.45) is 5.58. The van der Waals surface area contributed by atoms with Crippen molar-refractivity contribution in [2.75, 3.05) is 5.32 Å². The fourth-order valence-corrected chi connectivity index (χ4v) is 2.92. The number of furan rings is 1. The van der Waals surface area contributed by atoms with Crippen LogP contribution in [-0.4, -0.2) is 10.9 Å². The molecule has 1 amide bonds. The van der Waals surface area contributed by atoms with Crippen molar-refractivity contribution in [1.82, 2.24) is 4.98 Å². The van der Waals surface area contributed by atoms with Gasteiger partial charge in [-0.15, -0.1) is 0 Å². The van der Waals surface area contributed by atoms with E-state index in [0.29, 0.717) is 17.3 Å². The molecule has 0 bridgehead atoms. The van der Waals surface area contributed by atoms with E-state index in [1.807, 2.05) is 43.3 Å². The van der Waals surface area contributed by atoms with Crippen molar-refractivity contribution in [3.8, 4) is 11.5 Å². The van der Waals surface area contributed by atoms with Crippen LogP contribution in [-0.2, 0) is 11.2 Å². The van der Waals surface area contributed by atoms with Gasteiger partial charge in [-0.05, 0) is 66.9 Å². The Labute approximate surface area is 162 Å². The fraction of sp³-hybridized carbons (Fsp3) is 0.130. The van der Waals surface area contributed by atoms with Crippen LogP contribution in [0.3, 0.4) is 0 Å². The number of hydrogen-bond acceptors (Lipinski definition) is 4. The van der Waals surface area contributed by atoms with Gasteiger partial charge in [0.05, 0.1) is 6.26 Å². The quantitative estimate of drug-likeness (QED) is 0.462. The highest BCUT2D eigenvalue weighted by molar-refractivity contribution is 6.02. The zero-order valence-electron chi connectivity index (χ0n) is 15.7. The minimum atomic E-state index is -0.234. The van der Waals surface area contributed by atoms with Crippen LogP contribution in [0, 0.1) is 6.92 Å². The molecule has 0 atom stereocenters. The Morgan fingerprint density at radius 1 is 1.18 bits per heavy atom. The van der Waals surface area contributed by atoms with Gasteiger partial charge in [0.1, 0.15) is 11.3 Å². The summed E-state index contributed by atoms with van der Waals surface area (Å²) in [4.78, 5) is 16.8. The lowest BCUT2D eigenvalue weighted by molar-refractivity contribution is -0.111. The molecule has 140 valence electrons. The van der Waals surface area contributed by atoms with Crippen LogP contribution in [0.15, 0.2) is 69.7 Å². The summed E-state index contributed by atoms with van der Waals surface area (Å²) < 4.78 is 11.1. The lowest BCUT2D eigenvalue weighted by Crippen LogP contribution is -2.09. The van der Waals surface area contributed by atoms with Crippen molar-refractivity contribution in [1.29, 1.82) is 0 Å². The number of aryl methyl sites for hydroxylation is 2. The fourth-order valence-electron chi connectivity index (χ4n) is 2.92. The molecule has 0 fully saturated rings. The van der Waals surface area contributed by atoms with Crippen molar-refractivity contribution in [2.45, 2.75) is 20.3 Å². The number of carbonyl (C=O) groups is 1. The second-order valence-electron chi connectivity index (χ2n) is 6.54. The third-order valence-electron chi connectivity index (χ3n) is 4.54. The highest BCUT2D eigenvalue weighted by atomic mass is 16.3. The van der Waals surface area contributed by atoms with Gasteiger partial charge in [-0.25, -0.2) is 4.98 Å². The van der Waals surface area contributed by atoms with Gasteiger partial charge in [0.25, 0.3) is 0 Å². The number of carbonyl (C=O) groups excluding carboxylic acids is 1. The normalized spacial score (nSPS) is 11.4. The van der Waals surface area contributed by atoms with Crippen molar-refractivity contribution < 1.29 is 13.6 Å². The zero-order valence-corrected chi connectivity index (χ0v) is 15.7. The Kier molecular flexibility index (Phi) is 4.81. The number of rotatable bonds is 5. The molecule has 2 aromatic carbocycles. The summed E-state index contributed by atoms with van der Waals surface area (Å²) in [5, 5.41) is 2.90. The molecular weight excluding hydrogens is 352 g/mol. The molecule has 5 heteroatoms. The topological polar surface area (TPSA) is 68.3 Å². The number of anilines is 1. The van der Waals surface area contributed by atoms with E-state index in [1.165, 1.54) is 11.6 Å². The summed E-state index contributed by atoms with van der Waals surface area (Å²) in [6, 6.07) is 15.3. The van der Waals surface area contributed by atoms with E-state index >= 15 is 0 Å². The number of aromatic nitrogens is 1. The van der Waals surface area contributed by atoms with E-state index in [2.05, 4.69) is 17.2 Å². The Morgan fingerprint density at radius 3 is 2.86 bits per heavy atom. The van der Waals surface area contributed by atoms with E-state index in [-0.39, 0.29) is 5.91 Å². The van der Waals surface area contributed by atoms with E-state index in [9.17, 15) is 4.79 Å². The summed E-state index contributed by atoms with van der Waals surface area (Å²) in [5.41, 5.74) is 5.27. The van der Waals surface area contributed by atoms with Crippen LogP contribution in [0.4, 0.5) is 5.69 Å². The molecule has 0 aliphatic heterocycles. The minimum Gasteiger partial charge on any atom is -0.465 e. The lowest BCUT2D eigenvalue weighted by Gasteiger charge is -2.07. The maximum Gasteiger partial charge on any atom is 0.248 e. The van der Waals surface area contributed by atoms with Gasteiger partial charge < -0.3 is 14.2 Å². The number of nitrogens with zero attached hydrogens (tertiary/aromatic N) is 1. The first-order valence-corrected chi connectivity index (χ1v) is 9.15. The van der Waals surface area contributed by atoms with E-state index in [4.69, 9.17) is 8.83 Å². The Morgan fingerprint density at radius 2 is 2.07 bits per heavy atom. The smallest absolute Gasteiger partial charge is 0.248 e. The standard InChI is InChI=1S/C23H20N2O3/c1-3-16-7-10-21-20(13-16)25-23(28-21)17-8-6-15(2)19(14-17)24-22(26)11-9-18-5-4-12-27-18/h4-14H,3H2,1-2H3,(H,24,26)/b11-9+. The Hall–Kier alpha value is -3.60. The molecule has 0 aliphatic rings. The molecule has 0 saturated carbocycles. The average Bonchev–Trinajstić information content (AvgIpc) is 3.37. The number of fused-ring (bicyclic) bond motifs is 1. The molecule has 2 aromatic heterocycles. The van der Waals surface area contributed by atoms with Gasteiger partial charge in [0.15, 0.2) is 5.58 Å². The maximum atomic E-state index is 12.2. The summed E-state index contributed by atoms with van der Waals surface area (Å²) in [6.45, 7) is 4.05. The van der Waals surface area contributed by atoms with Crippen LogP contribution >= 0.6 is 0 Å². The first kappa shape index (κ1) is 17.8. The van der Waals surface area contributed by atoms with Crippen molar-refractivity contribution in [3.05, 3.63) is 77.8 Å². The highest BCUT2D eigenvalue weighted by Gasteiger charge is 2.11. The molecule has 0 radical (unpaired) electrons. The second-order valence-corrected chi connectivity index (χ2v) is 6.54. The Balaban J connectivity index is 1.59. The molecule has 0 spiro atoms. The van der Waals surface area contributed by atoms with Crippen LogP contribution in [0.5, 0.6) is 0 Å². The van der Waals surface area contributed by atoms with Gasteiger partial charge in [-0.2, -0.15) is 0 Å². The molecule has 0 unspecified atom stereocenters. The summed E-state index contributed by atoms with van der Waals surface area (Å²) >= 11 is 0. The van der Waals surface area contributed by atoms with E-state index < -0.39 is 0 Å². The third kappa shape index (κ3) is 3.74. The third-order valence-corrected chi connectivity index (χ3v) is 4.54. The molecule has 4 aromatic rings. The van der Waals surface area contributed by atoms with Gasteiger partial charge in [0, 0.05) is 17.3 Å². The molecule has 1 N–H and O–H groups in total. The van der Waals surface area contributed by atoms with Crippen LogP contribution in [0.1, 0.15) is 23.8 Å². The van der Waals surface area contributed by atoms with Crippen LogP contribution in [0.2, 0.25) is 0 Å². The van der Waals surface area contributed by atoms with Crippen LogP contribution < -0.4 is 5.32 Å². The average molecular weight is 372 g/mol. The van der Waals surface area contributed by atoms with Crippen molar-refractivity contribution >= 4 is 28.8 Å². The predicted molar refractivity (Wildman–Crippen MR) is 110 cm³/mol. The largest absolute Gasteiger partial charge is 0.465 e. The Bertz CT molecular complexity index is 1150. The number of oxazole rings is 1. The molecule has 0 saturated heterocycles. The molecule has 4 rings (SSSR count). The second kappa shape index (κ2) is 7.56. The number of hydrogen-bond donors (Lipinski definition) is 1. The summed E-state index contributed by atoms with van der Waals surface area (Å²) in [7, 11) is 0. The first-order chi connectivity index (χ1) is 13.6. The van der Waals surface area contributed by atoms with Gasteiger partial charge in [-0.3, -0.25) is 4.79 Å². The molecular formula is C23H20N2O3. The zero-order chi connectivity index (χ0) is 19.5. The number of benzene rings is 2. The van der Waals surface area contributed by atoms with Gasteiger partial charge in [-0.1, -0.05) is 19.1 Å².